The number of nitrogens with zero attached hydrogens (tertiary/aromatic N) is 2. The molecule has 5 N–H and O–H groups in total. The van der Waals surface area contributed by atoms with Crippen LogP contribution in [0.1, 0.15) is 59.3 Å². The molecule has 42 heavy (non-hydrogen) atoms. The summed E-state index contributed by atoms with van der Waals surface area (Å²) in [5.41, 5.74) is 4.36. The van der Waals surface area contributed by atoms with Gasteiger partial charge in [0.25, 0.3) is 0 Å². The summed E-state index contributed by atoms with van der Waals surface area (Å²) in [6.45, 7) is 6.67. The number of ether oxygens (including phenoxy) is 3. The zero-order valence-corrected chi connectivity index (χ0v) is 24.6. The second kappa shape index (κ2) is 10.2. The van der Waals surface area contributed by atoms with Crippen LogP contribution in [0.2, 0.25) is 0 Å². The fourth-order valence-electron chi connectivity index (χ4n) is 7.57. The van der Waals surface area contributed by atoms with E-state index in [0.717, 1.165) is 16.7 Å². The first-order chi connectivity index (χ1) is 20.0. The standard InChI is InChI=1S/C30H38N4O8/c1-12-7-16-8-19-30(39)34-18(23(33(19)5)21(16)25(37)26(12)40-6)9-17-22(28-27(41-11-42-28)13(2)24(17)36)20(34)10-31-29(38)14(3)32-15(4)35/h7,14,18-20,23,30,36-37,39H,8-11H2,1-6H3,(H,31,38)(H,32,35)/t14-,18?,19-,20-,23-,30-/m0/s1. The van der Waals surface area contributed by atoms with Gasteiger partial charge in [-0.05, 0) is 51.8 Å². The minimum absolute atomic E-state index is 0.00885. The molecule has 0 saturated carbocycles. The van der Waals surface area contributed by atoms with Gasteiger partial charge in [-0.15, -0.1) is 0 Å². The van der Waals surface area contributed by atoms with E-state index in [1.54, 1.807) is 13.8 Å². The van der Waals surface area contributed by atoms with Gasteiger partial charge in [0.05, 0.1) is 25.2 Å². The summed E-state index contributed by atoms with van der Waals surface area (Å²) < 4.78 is 17.2. The second-order valence-electron chi connectivity index (χ2n) is 11.8. The molecule has 4 heterocycles. The van der Waals surface area contributed by atoms with Crippen LogP contribution < -0.4 is 24.8 Å². The van der Waals surface area contributed by atoms with Crippen LogP contribution in [0.5, 0.6) is 28.7 Å². The van der Waals surface area contributed by atoms with Crippen LogP contribution in [0.15, 0.2) is 6.07 Å². The van der Waals surface area contributed by atoms with Crippen molar-refractivity contribution in [3.8, 4) is 28.7 Å². The first-order valence-electron chi connectivity index (χ1n) is 14.2. The molecule has 2 aromatic rings. The number of nitrogens with one attached hydrogen (secondary N) is 2. The molecule has 2 aromatic carbocycles. The summed E-state index contributed by atoms with van der Waals surface area (Å²) in [5, 5.41) is 40.5. The van der Waals surface area contributed by atoms with Gasteiger partial charge in [0.15, 0.2) is 23.0 Å². The van der Waals surface area contributed by atoms with Gasteiger partial charge in [0, 0.05) is 41.8 Å². The number of aromatic hydroxyl groups is 2. The van der Waals surface area contributed by atoms with E-state index < -0.39 is 24.4 Å². The van der Waals surface area contributed by atoms with Gasteiger partial charge in [-0.2, -0.15) is 0 Å². The molecule has 12 heteroatoms. The summed E-state index contributed by atoms with van der Waals surface area (Å²) in [5.74, 6) is 0.793. The van der Waals surface area contributed by atoms with E-state index >= 15 is 0 Å². The number of hydrogen-bond donors (Lipinski definition) is 5. The van der Waals surface area contributed by atoms with E-state index in [-0.39, 0.29) is 48.7 Å². The predicted molar refractivity (Wildman–Crippen MR) is 151 cm³/mol. The quantitative estimate of drug-likeness (QED) is 0.349. The van der Waals surface area contributed by atoms with Gasteiger partial charge in [0.1, 0.15) is 18.0 Å². The van der Waals surface area contributed by atoms with Gasteiger partial charge >= 0.3 is 0 Å². The summed E-state index contributed by atoms with van der Waals surface area (Å²) in [6, 6.07) is -0.430. The molecule has 1 saturated heterocycles. The normalized spacial score (nSPS) is 26.5. The Morgan fingerprint density at radius 3 is 2.52 bits per heavy atom. The molecular formula is C30H38N4O8. The molecule has 1 fully saturated rings. The number of likely N-dealkylation sites (N-methyl/N-ethyl adjacent to an activating group) is 1. The SMILES string of the molecule is COc1c(C)cc2c(c1O)[C@@H]1C3Cc4c(O)c(C)c5c(c4[C@H](CNC(=O)[C@H](C)NC(C)=O)N3[C@@H](O)[C@H](C2)N1C)OCO5. The van der Waals surface area contributed by atoms with Gasteiger partial charge in [-0.1, -0.05) is 6.07 Å². The van der Waals surface area contributed by atoms with Crippen LogP contribution in [0.3, 0.4) is 0 Å². The number of amides is 2. The lowest BCUT2D eigenvalue weighted by molar-refractivity contribution is -0.172. The molecular weight excluding hydrogens is 544 g/mol. The Balaban J connectivity index is 1.50. The summed E-state index contributed by atoms with van der Waals surface area (Å²) in [6.07, 6.45) is -0.106. The zero-order valence-electron chi connectivity index (χ0n) is 24.6. The van der Waals surface area contributed by atoms with E-state index in [1.807, 2.05) is 24.9 Å². The van der Waals surface area contributed by atoms with Crippen molar-refractivity contribution in [1.29, 1.82) is 0 Å². The van der Waals surface area contributed by atoms with Gasteiger partial charge in [0.2, 0.25) is 18.6 Å². The Labute approximate surface area is 244 Å². The number of aliphatic hydroxyl groups is 1. The number of hydrogen-bond acceptors (Lipinski definition) is 10. The van der Waals surface area contributed by atoms with E-state index in [1.165, 1.54) is 14.0 Å². The Morgan fingerprint density at radius 1 is 1.12 bits per heavy atom. The smallest absolute Gasteiger partial charge is 0.242 e. The number of benzene rings is 2. The molecule has 6 rings (SSSR count). The number of methoxy groups -OCH3 is 1. The monoisotopic (exact) mass is 582 g/mol. The van der Waals surface area contributed by atoms with Crippen molar-refractivity contribution in [2.24, 2.45) is 0 Å². The average Bonchev–Trinajstić information content (AvgIpc) is 3.42. The molecule has 226 valence electrons. The van der Waals surface area contributed by atoms with Crippen LogP contribution in [-0.4, -0.2) is 88.8 Å². The molecule has 4 aliphatic heterocycles. The molecule has 0 radical (unpaired) electrons. The lowest BCUT2D eigenvalue weighted by Gasteiger charge is -2.60. The van der Waals surface area contributed by atoms with Crippen molar-refractivity contribution >= 4 is 11.8 Å². The largest absolute Gasteiger partial charge is 0.507 e. The van der Waals surface area contributed by atoms with Crippen LogP contribution in [0.4, 0.5) is 0 Å². The molecule has 12 nitrogen and oxygen atoms in total. The highest BCUT2D eigenvalue weighted by Crippen LogP contribution is 2.57. The van der Waals surface area contributed by atoms with Crippen LogP contribution in [0, 0.1) is 13.8 Å². The molecule has 1 unspecified atom stereocenters. The zero-order chi connectivity index (χ0) is 30.2. The van der Waals surface area contributed by atoms with Crippen molar-refractivity contribution in [3.05, 3.63) is 39.4 Å². The van der Waals surface area contributed by atoms with Crippen LogP contribution in [0.25, 0.3) is 0 Å². The minimum atomic E-state index is -0.946. The molecule has 4 aliphatic rings. The van der Waals surface area contributed by atoms with E-state index in [2.05, 4.69) is 15.5 Å². The number of piperazine rings is 1. The number of aliphatic hydroxyl groups excluding tert-OH is 1. The molecule has 2 amide bonds. The molecule has 2 bridgehead atoms. The van der Waals surface area contributed by atoms with Crippen LogP contribution in [-0.2, 0) is 22.4 Å². The summed E-state index contributed by atoms with van der Waals surface area (Å²) in [4.78, 5) is 28.7. The number of rotatable bonds is 5. The first kappa shape index (κ1) is 28.4. The van der Waals surface area contributed by atoms with Crippen molar-refractivity contribution in [2.75, 3.05) is 27.5 Å². The Kier molecular flexibility index (Phi) is 6.90. The Bertz CT molecular complexity index is 1480. The Morgan fingerprint density at radius 2 is 1.83 bits per heavy atom. The molecule has 0 aliphatic carbocycles. The Hall–Kier alpha value is -3.74. The van der Waals surface area contributed by atoms with E-state index in [4.69, 9.17) is 14.2 Å². The topological polar surface area (TPSA) is 153 Å². The van der Waals surface area contributed by atoms with Crippen molar-refractivity contribution in [1.82, 2.24) is 20.4 Å². The lowest BCUT2D eigenvalue weighted by Crippen LogP contribution is -2.69. The average molecular weight is 583 g/mol. The first-order valence-corrected chi connectivity index (χ1v) is 14.2. The maximum Gasteiger partial charge on any atom is 0.242 e. The third-order valence-electron chi connectivity index (χ3n) is 9.41. The van der Waals surface area contributed by atoms with Crippen molar-refractivity contribution in [3.63, 3.8) is 0 Å². The highest BCUT2D eigenvalue weighted by molar-refractivity contribution is 5.86. The minimum Gasteiger partial charge on any atom is -0.507 e. The lowest BCUT2D eigenvalue weighted by atomic mass is 9.73. The number of carbonyl (C=O) groups excluding carboxylic acids is 2. The van der Waals surface area contributed by atoms with Gasteiger partial charge in [-0.3, -0.25) is 19.4 Å². The van der Waals surface area contributed by atoms with Crippen molar-refractivity contribution in [2.45, 2.75) is 77.0 Å². The fraction of sp³-hybridized carbons (Fsp3) is 0.533. The number of aryl methyl sites for hydroxylation is 1. The second-order valence-corrected chi connectivity index (χ2v) is 11.8. The molecule has 0 spiro atoms. The van der Waals surface area contributed by atoms with E-state index in [9.17, 15) is 24.9 Å². The third kappa shape index (κ3) is 4.07. The molecule has 6 atom stereocenters. The predicted octanol–water partition coefficient (Wildman–Crippen LogP) is 1.29. The number of fused-ring (bicyclic) bond motifs is 9. The summed E-state index contributed by atoms with van der Waals surface area (Å²) in [7, 11) is 3.47. The highest BCUT2D eigenvalue weighted by atomic mass is 16.7. The maximum atomic E-state index is 13.0. The third-order valence-corrected chi connectivity index (χ3v) is 9.41. The van der Waals surface area contributed by atoms with Gasteiger partial charge in [-0.25, -0.2) is 0 Å². The van der Waals surface area contributed by atoms with Crippen LogP contribution >= 0.6 is 0 Å². The number of carbonyl (C=O) groups is 2. The highest BCUT2D eigenvalue weighted by Gasteiger charge is 2.56. The van der Waals surface area contributed by atoms with E-state index in [0.29, 0.717) is 46.8 Å². The fourth-order valence-corrected chi connectivity index (χ4v) is 7.57. The summed E-state index contributed by atoms with van der Waals surface area (Å²) >= 11 is 0. The number of phenols is 2. The van der Waals surface area contributed by atoms with Crippen molar-refractivity contribution < 1.29 is 39.1 Å². The van der Waals surface area contributed by atoms with Gasteiger partial charge < -0.3 is 40.2 Å². The maximum absolute atomic E-state index is 13.0. The molecule has 0 aromatic heterocycles. The number of phenolic OH excluding ortho intramolecular Hbond substituents is 2.